The molecule has 6 heteroatoms. The molecular formula is C51H68N2O4. The first-order valence-electron chi connectivity index (χ1n) is 22.1. The molecule has 0 bridgehead atoms. The molecule has 0 N–H and O–H groups in total. The molecule has 306 valence electrons. The molecule has 0 amide bonds. The maximum Gasteiger partial charge on any atom is 0.343 e. The summed E-state index contributed by atoms with van der Waals surface area (Å²) in [5.41, 5.74) is 3.96. The van der Waals surface area contributed by atoms with E-state index in [0.29, 0.717) is 11.3 Å². The molecule has 0 unspecified atom stereocenters. The maximum atomic E-state index is 12.8. The quantitative estimate of drug-likeness (QED) is 0.0229. The molecule has 0 fully saturated rings. The SMILES string of the molecule is CCCCCCCCCCCCOc1ccc(N=Cc2ccc(OC(=O)c3ccc(C=Nc4ccc(OCCCCCCCCCCCC)cc4)cc3)cc2)cc1. The minimum absolute atomic E-state index is 0.413. The van der Waals surface area contributed by atoms with Crippen LogP contribution in [-0.4, -0.2) is 31.6 Å². The fourth-order valence-corrected chi connectivity index (χ4v) is 6.61. The van der Waals surface area contributed by atoms with Gasteiger partial charge in [0, 0.05) is 12.4 Å². The van der Waals surface area contributed by atoms with E-state index in [1.54, 1.807) is 36.7 Å². The molecule has 0 heterocycles. The molecular weight excluding hydrogens is 705 g/mol. The van der Waals surface area contributed by atoms with Gasteiger partial charge in [0.2, 0.25) is 0 Å². The maximum absolute atomic E-state index is 12.8. The molecule has 0 saturated carbocycles. The van der Waals surface area contributed by atoms with Crippen molar-refractivity contribution in [2.45, 2.75) is 142 Å². The molecule has 0 spiro atoms. The molecule has 0 aliphatic heterocycles. The van der Waals surface area contributed by atoms with Crippen LogP contribution in [0, 0.1) is 0 Å². The van der Waals surface area contributed by atoms with E-state index in [9.17, 15) is 4.79 Å². The molecule has 6 nitrogen and oxygen atoms in total. The Labute approximate surface area is 344 Å². The zero-order chi connectivity index (χ0) is 40.0. The minimum atomic E-state index is -0.413. The Balaban J connectivity index is 1.08. The summed E-state index contributed by atoms with van der Waals surface area (Å²) in [6.45, 7) is 6.04. The zero-order valence-corrected chi connectivity index (χ0v) is 35.0. The van der Waals surface area contributed by atoms with E-state index in [1.165, 1.54) is 116 Å². The Bertz CT molecular complexity index is 1680. The van der Waals surface area contributed by atoms with Crippen LogP contribution in [0.5, 0.6) is 17.2 Å². The van der Waals surface area contributed by atoms with E-state index < -0.39 is 5.97 Å². The fraction of sp³-hybridized carbons (Fsp3) is 0.471. The molecule has 4 rings (SSSR count). The van der Waals surface area contributed by atoms with Crippen LogP contribution in [0.15, 0.2) is 107 Å². The van der Waals surface area contributed by atoms with E-state index in [2.05, 4.69) is 23.8 Å². The largest absolute Gasteiger partial charge is 0.494 e. The van der Waals surface area contributed by atoms with Crippen molar-refractivity contribution in [1.82, 2.24) is 0 Å². The topological polar surface area (TPSA) is 69.5 Å². The Morgan fingerprint density at radius 3 is 1.14 bits per heavy atom. The molecule has 0 radical (unpaired) electrons. The Kier molecular flexibility index (Phi) is 22.6. The predicted octanol–water partition coefficient (Wildman–Crippen LogP) is 15.0. The van der Waals surface area contributed by atoms with Gasteiger partial charge in [-0.15, -0.1) is 0 Å². The Morgan fingerprint density at radius 1 is 0.421 bits per heavy atom. The highest BCUT2D eigenvalue weighted by molar-refractivity contribution is 5.92. The lowest BCUT2D eigenvalue weighted by Gasteiger charge is -2.07. The summed E-state index contributed by atoms with van der Waals surface area (Å²) >= 11 is 0. The lowest BCUT2D eigenvalue weighted by Crippen LogP contribution is -2.08. The van der Waals surface area contributed by atoms with Gasteiger partial charge >= 0.3 is 5.97 Å². The molecule has 0 saturated heterocycles. The number of carbonyl (C=O) groups excluding carboxylic acids is 1. The van der Waals surface area contributed by atoms with Crippen molar-refractivity contribution < 1.29 is 19.0 Å². The number of benzene rings is 4. The van der Waals surface area contributed by atoms with Crippen LogP contribution in [0.2, 0.25) is 0 Å². The van der Waals surface area contributed by atoms with E-state index in [0.717, 1.165) is 60.1 Å². The summed E-state index contributed by atoms with van der Waals surface area (Å²) in [6.07, 6.45) is 29.9. The second-order valence-electron chi connectivity index (χ2n) is 15.1. The second-order valence-corrected chi connectivity index (χ2v) is 15.1. The van der Waals surface area contributed by atoms with Gasteiger partial charge in [-0.25, -0.2) is 4.79 Å². The van der Waals surface area contributed by atoms with E-state index in [4.69, 9.17) is 14.2 Å². The Hall–Kier alpha value is -4.71. The highest BCUT2D eigenvalue weighted by Crippen LogP contribution is 2.21. The van der Waals surface area contributed by atoms with Gasteiger partial charge in [0.25, 0.3) is 0 Å². The van der Waals surface area contributed by atoms with Gasteiger partial charge < -0.3 is 14.2 Å². The normalized spacial score (nSPS) is 11.4. The first-order chi connectivity index (χ1) is 28.1. The lowest BCUT2D eigenvalue weighted by molar-refractivity contribution is 0.0734. The highest BCUT2D eigenvalue weighted by Gasteiger charge is 2.08. The Morgan fingerprint density at radius 2 is 0.754 bits per heavy atom. The first kappa shape index (κ1) is 45.0. The molecule has 4 aromatic rings. The average molecular weight is 773 g/mol. The van der Waals surface area contributed by atoms with Crippen molar-refractivity contribution in [1.29, 1.82) is 0 Å². The van der Waals surface area contributed by atoms with Crippen molar-refractivity contribution in [2.24, 2.45) is 9.98 Å². The number of ether oxygens (including phenoxy) is 3. The molecule has 4 aromatic carbocycles. The number of hydrogen-bond donors (Lipinski definition) is 0. The first-order valence-corrected chi connectivity index (χ1v) is 22.1. The monoisotopic (exact) mass is 773 g/mol. The number of rotatable bonds is 30. The predicted molar refractivity (Wildman–Crippen MR) is 240 cm³/mol. The minimum Gasteiger partial charge on any atom is -0.494 e. The molecule has 0 aliphatic carbocycles. The van der Waals surface area contributed by atoms with E-state index in [-0.39, 0.29) is 0 Å². The zero-order valence-electron chi connectivity index (χ0n) is 35.0. The van der Waals surface area contributed by atoms with Gasteiger partial charge in [-0.3, -0.25) is 9.98 Å². The summed E-state index contributed by atoms with van der Waals surface area (Å²) in [4.78, 5) is 22.0. The molecule has 0 aromatic heterocycles. The van der Waals surface area contributed by atoms with Gasteiger partial charge in [0.15, 0.2) is 0 Å². The van der Waals surface area contributed by atoms with Crippen LogP contribution in [0.1, 0.15) is 164 Å². The third-order valence-corrected chi connectivity index (χ3v) is 10.2. The number of hydrogen-bond acceptors (Lipinski definition) is 6. The summed E-state index contributed by atoms with van der Waals surface area (Å²) in [6, 6.07) is 30.3. The van der Waals surface area contributed by atoms with Crippen molar-refractivity contribution in [3.8, 4) is 17.2 Å². The van der Waals surface area contributed by atoms with Crippen molar-refractivity contribution in [3.63, 3.8) is 0 Å². The number of carbonyl (C=O) groups is 1. The lowest BCUT2D eigenvalue weighted by atomic mass is 10.1. The highest BCUT2D eigenvalue weighted by atomic mass is 16.5. The summed E-state index contributed by atoms with van der Waals surface area (Å²) in [5.74, 6) is 1.81. The summed E-state index contributed by atoms with van der Waals surface area (Å²) in [5, 5.41) is 0. The number of unbranched alkanes of at least 4 members (excludes halogenated alkanes) is 18. The van der Waals surface area contributed by atoms with Crippen molar-refractivity contribution >= 4 is 29.8 Å². The van der Waals surface area contributed by atoms with Gasteiger partial charge in [-0.2, -0.15) is 0 Å². The van der Waals surface area contributed by atoms with E-state index in [1.807, 2.05) is 72.8 Å². The third-order valence-electron chi connectivity index (χ3n) is 10.2. The fourth-order valence-electron chi connectivity index (χ4n) is 6.61. The number of nitrogens with zero attached hydrogens (tertiary/aromatic N) is 2. The number of esters is 1. The van der Waals surface area contributed by atoms with Crippen LogP contribution in [0.25, 0.3) is 0 Å². The summed E-state index contributed by atoms with van der Waals surface area (Å²) < 4.78 is 17.5. The van der Waals surface area contributed by atoms with Crippen LogP contribution in [0.3, 0.4) is 0 Å². The molecule has 57 heavy (non-hydrogen) atoms. The van der Waals surface area contributed by atoms with Crippen LogP contribution in [-0.2, 0) is 0 Å². The van der Waals surface area contributed by atoms with Gasteiger partial charge in [0.05, 0.1) is 30.2 Å². The second kappa shape index (κ2) is 28.6. The van der Waals surface area contributed by atoms with Crippen LogP contribution < -0.4 is 14.2 Å². The smallest absolute Gasteiger partial charge is 0.343 e. The molecule has 0 aliphatic rings. The van der Waals surface area contributed by atoms with Crippen molar-refractivity contribution in [2.75, 3.05) is 13.2 Å². The standard InChI is InChI=1S/C51H68N2O4/c1-3-5-7-9-11-13-15-17-19-21-39-55-48-35-29-46(30-36-48)52-41-43-23-27-45(28-24-43)51(54)57-50-33-25-44(26-34-50)42-53-47-31-37-49(38-32-47)56-40-22-20-18-16-14-12-10-8-6-4-2/h23-38,41-42H,3-22,39-40H2,1-2H3. The van der Waals surface area contributed by atoms with Gasteiger partial charge in [-0.05, 0) is 109 Å². The number of aliphatic imine (C=N–C) groups is 2. The van der Waals surface area contributed by atoms with Crippen LogP contribution >= 0.6 is 0 Å². The van der Waals surface area contributed by atoms with Crippen molar-refractivity contribution in [3.05, 3.63) is 114 Å². The summed E-state index contributed by atoms with van der Waals surface area (Å²) in [7, 11) is 0. The van der Waals surface area contributed by atoms with Gasteiger partial charge in [0.1, 0.15) is 17.2 Å². The third kappa shape index (κ3) is 19.8. The molecule has 0 atom stereocenters. The van der Waals surface area contributed by atoms with Gasteiger partial charge in [-0.1, -0.05) is 142 Å². The van der Waals surface area contributed by atoms with Crippen LogP contribution in [0.4, 0.5) is 11.4 Å². The van der Waals surface area contributed by atoms with E-state index >= 15 is 0 Å². The average Bonchev–Trinajstić information content (AvgIpc) is 3.24.